The maximum Gasteiger partial charge on any atom is 0.0189 e. The van der Waals surface area contributed by atoms with Crippen LogP contribution in [0.15, 0.2) is 133 Å². The van der Waals surface area contributed by atoms with Gasteiger partial charge in [0.15, 0.2) is 0 Å². The molecule has 1 saturated carbocycles. The minimum absolute atomic E-state index is 0.529. The Balaban J connectivity index is 1.58. The van der Waals surface area contributed by atoms with Crippen LogP contribution in [0.25, 0.3) is 0 Å². The molecule has 0 saturated heterocycles. The van der Waals surface area contributed by atoms with Crippen LogP contribution >= 0.6 is 15.8 Å². The number of hydrogen-bond donors (Lipinski definition) is 0. The first kappa shape index (κ1) is 22.0. The van der Waals surface area contributed by atoms with Crippen LogP contribution in [-0.2, 0) is 0 Å². The number of hydrogen-bond acceptors (Lipinski definition) is 0. The van der Waals surface area contributed by atoms with Gasteiger partial charge in [-0.2, -0.15) is 0 Å². The van der Waals surface area contributed by atoms with E-state index in [-0.39, 0.29) is 0 Å². The fourth-order valence-electron chi connectivity index (χ4n) is 5.93. The average Bonchev–Trinajstić information content (AvgIpc) is 3.55. The van der Waals surface area contributed by atoms with Crippen LogP contribution in [-0.4, -0.2) is 5.40 Å². The van der Waals surface area contributed by atoms with Gasteiger partial charge in [0, 0.05) is 5.40 Å². The van der Waals surface area contributed by atoms with Crippen molar-refractivity contribution in [1.82, 2.24) is 0 Å². The van der Waals surface area contributed by atoms with Crippen molar-refractivity contribution >= 4 is 37.1 Å². The lowest BCUT2D eigenvalue weighted by Gasteiger charge is -2.41. The predicted octanol–water partition coefficient (Wildman–Crippen LogP) is 6.79. The van der Waals surface area contributed by atoms with E-state index in [4.69, 9.17) is 0 Å². The maximum absolute atomic E-state index is 2.55. The second kappa shape index (κ2) is 10.00. The van der Waals surface area contributed by atoms with Crippen molar-refractivity contribution < 1.29 is 0 Å². The lowest BCUT2D eigenvalue weighted by Crippen LogP contribution is -2.34. The van der Waals surface area contributed by atoms with Gasteiger partial charge in [-0.25, -0.2) is 0 Å². The quantitative estimate of drug-likeness (QED) is 0.204. The highest BCUT2D eigenvalue weighted by Gasteiger charge is 2.47. The first-order valence-electron chi connectivity index (χ1n) is 12.4. The van der Waals surface area contributed by atoms with Crippen molar-refractivity contribution in [2.24, 2.45) is 17.8 Å². The number of allylic oxidation sites excluding steroid dienone is 2. The Kier molecular flexibility index (Phi) is 6.46. The molecule has 2 aliphatic rings. The molecule has 1 fully saturated rings. The van der Waals surface area contributed by atoms with E-state index < -0.39 is 15.8 Å². The summed E-state index contributed by atoms with van der Waals surface area (Å²) in [5, 5.41) is 6.65. The fraction of sp³-hybridized carbons (Fsp3) is 0.188. The predicted molar refractivity (Wildman–Crippen MR) is 151 cm³/mol. The molecule has 0 aliphatic heterocycles. The number of benzene rings is 4. The third kappa shape index (κ3) is 4.31. The summed E-state index contributed by atoms with van der Waals surface area (Å²) in [6, 6.07) is 45.6. The van der Waals surface area contributed by atoms with Crippen LogP contribution in [0, 0.1) is 17.8 Å². The minimum atomic E-state index is -0.529. The molecule has 4 aromatic carbocycles. The zero-order chi connectivity index (χ0) is 22.7. The van der Waals surface area contributed by atoms with Gasteiger partial charge >= 0.3 is 0 Å². The number of fused-ring (bicyclic) bond motifs is 2. The van der Waals surface area contributed by atoms with E-state index in [1.54, 1.807) is 0 Å². The molecule has 168 valence electrons. The molecule has 0 radical (unpaired) electrons. The Morgan fingerprint density at radius 1 is 0.471 bits per heavy atom. The molecule has 2 aliphatic carbocycles. The standard InChI is InChI=1S/C32H30P2/c1-5-13-27(14-6-1)33(28-15-7-2-8-16-28)32(31-24-25-21-22-26(31)23-25)34(29-17-9-3-10-18-29)30-19-11-4-12-20-30/h1-22,25-26,31-32H,23-24H2/t25?,26?,31-/m1/s1. The van der Waals surface area contributed by atoms with Crippen LogP contribution < -0.4 is 21.2 Å². The van der Waals surface area contributed by atoms with Crippen molar-refractivity contribution in [3.63, 3.8) is 0 Å². The Morgan fingerprint density at radius 2 is 0.853 bits per heavy atom. The van der Waals surface area contributed by atoms with Gasteiger partial charge in [0.05, 0.1) is 0 Å². The van der Waals surface area contributed by atoms with Gasteiger partial charge in [-0.3, -0.25) is 0 Å². The monoisotopic (exact) mass is 476 g/mol. The Bertz CT molecular complexity index is 1060. The van der Waals surface area contributed by atoms with Crippen molar-refractivity contribution in [3.8, 4) is 0 Å². The second-order valence-corrected chi connectivity index (χ2v) is 14.5. The molecule has 0 aromatic heterocycles. The summed E-state index contributed by atoms with van der Waals surface area (Å²) in [5.41, 5.74) is 0. The molecule has 0 spiro atoms. The average molecular weight is 477 g/mol. The van der Waals surface area contributed by atoms with E-state index >= 15 is 0 Å². The van der Waals surface area contributed by atoms with Crippen molar-refractivity contribution in [2.75, 3.05) is 0 Å². The molecule has 3 atom stereocenters. The molecule has 0 nitrogen and oxygen atoms in total. The summed E-state index contributed by atoms with van der Waals surface area (Å²) >= 11 is 0. The van der Waals surface area contributed by atoms with Gasteiger partial charge in [-0.1, -0.05) is 133 Å². The first-order valence-corrected chi connectivity index (χ1v) is 15.2. The SMILES string of the molecule is C1=CC2CC1C[C@H]2C(P(c1ccccc1)c1ccccc1)P(c1ccccc1)c1ccccc1. The summed E-state index contributed by atoms with van der Waals surface area (Å²) in [7, 11) is -1.06. The second-order valence-electron chi connectivity index (χ2n) is 9.44. The zero-order valence-corrected chi connectivity index (χ0v) is 21.1. The molecule has 2 unspecified atom stereocenters. The van der Waals surface area contributed by atoms with Gasteiger partial charge in [0.25, 0.3) is 0 Å². The lowest BCUT2D eigenvalue weighted by molar-refractivity contribution is 0.481. The molecule has 2 heteroatoms. The van der Waals surface area contributed by atoms with Crippen LogP contribution in [0.3, 0.4) is 0 Å². The largest absolute Gasteiger partial charge is 0.0851 e. The lowest BCUT2D eigenvalue weighted by atomic mass is 9.95. The van der Waals surface area contributed by atoms with Crippen molar-refractivity contribution in [2.45, 2.75) is 18.2 Å². The summed E-state index contributed by atoms with van der Waals surface area (Å²) < 4.78 is 0. The number of rotatable bonds is 7. The third-order valence-corrected chi connectivity index (χ3v) is 14.0. The molecule has 6 rings (SSSR count). The molecule has 2 bridgehead atoms. The van der Waals surface area contributed by atoms with Gasteiger partial charge in [-0.15, -0.1) is 0 Å². The zero-order valence-electron chi connectivity index (χ0n) is 19.3. The van der Waals surface area contributed by atoms with Crippen molar-refractivity contribution in [1.29, 1.82) is 0 Å². The Labute approximate surface area is 206 Å². The summed E-state index contributed by atoms with van der Waals surface area (Å²) in [6.45, 7) is 0. The van der Waals surface area contributed by atoms with Crippen LogP contribution in [0.2, 0.25) is 0 Å². The highest BCUT2D eigenvalue weighted by molar-refractivity contribution is 7.89. The van der Waals surface area contributed by atoms with E-state index in [1.165, 1.54) is 34.1 Å². The topological polar surface area (TPSA) is 0 Å². The van der Waals surface area contributed by atoms with Crippen molar-refractivity contribution in [3.05, 3.63) is 133 Å². The molecular weight excluding hydrogens is 446 g/mol. The van der Waals surface area contributed by atoms with Crippen LogP contribution in [0.5, 0.6) is 0 Å². The van der Waals surface area contributed by atoms with E-state index in [0.29, 0.717) is 17.2 Å². The highest BCUT2D eigenvalue weighted by atomic mass is 31.2. The Morgan fingerprint density at radius 3 is 1.15 bits per heavy atom. The van der Waals surface area contributed by atoms with E-state index in [9.17, 15) is 0 Å². The molecule has 0 heterocycles. The molecule has 4 aromatic rings. The van der Waals surface area contributed by atoms with Crippen LogP contribution in [0.4, 0.5) is 0 Å². The summed E-state index contributed by atoms with van der Waals surface area (Å²) in [6.07, 6.45) is 7.74. The maximum atomic E-state index is 2.55. The summed E-state index contributed by atoms with van der Waals surface area (Å²) in [4.78, 5) is 0. The smallest absolute Gasteiger partial charge is 0.0189 e. The first-order chi connectivity index (χ1) is 16.9. The van der Waals surface area contributed by atoms with Gasteiger partial charge in [0.1, 0.15) is 0 Å². The van der Waals surface area contributed by atoms with E-state index in [1.807, 2.05) is 0 Å². The minimum Gasteiger partial charge on any atom is -0.0851 e. The van der Waals surface area contributed by atoms with E-state index in [0.717, 1.165) is 5.92 Å². The summed E-state index contributed by atoms with van der Waals surface area (Å²) in [5.74, 6) is 2.20. The normalized spacial score (nSPS) is 21.1. The highest BCUT2D eigenvalue weighted by Crippen LogP contribution is 2.64. The van der Waals surface area contributed by atoms with Crippen LogP contribution in [0.1, 0.15) is 12.8 Å². The molecule has 0 amide bonds. The molecular formula is C32H30P2. The van der Waals surface area contributed by atoms with E-state index in [2.05, 4.69) is 133 Å². The molecule has 34 heavy (non-hydrogen) atoms. The Hall–Kier alpha value is -2.52. The molecule has 0 N–H and O–H groups in total. The van der Waals surface area contributed by atoms with Gasteiger partial charge in [-0.05, 0) is 67.7 Å². The van der Waals surface area contributed by atoms with Gasteiger partial charge in [0.2, 0.25) is 0 Å². The fourth-order valence-corrected chi connectivity index (χ4v) is 13.7. The third-order valence-electron chi connectivity index (χ3n) is 7.38. The van der Waals surface area contributed by atoms with Gasteiger partial charge < -0.3 is 0 Å².